The van der Waals surface area contributed by atoms with Crippen LogP contribution in [0.25, 0.3) is 0 Å². The molecule has 0 spiro atoms. The zero-order valence-electron chi connectivity index (χ0n) is 10.5. The fourth-order valence-electron chi connectivity index (χ4n) is 1.14. The first-order valence-electron chi connectivity index (χ1n) is 5.21. The third-order valence-electron chi connectivity index (χ3n) is 1.93. The molecular formula is C13H18O2Si. The maximum absolute atomic E-state index is 5.19. The smallest absolute Gasteiger partial charge is 0.129 e. The molecule has 0 saturated heterocycles. The van der Waals surface area contributed by atoms with Crippen molar-refractivity contribution < 1.29 is 9.47 Å². The Morgan fingerprint density at radius 3 is 1.81 bits per heavy atom. The van der Waals surface area contributed by atoms with E-state index in [-0.39, 0.29) is 0 Å². The minimum Gasteiger partial charge on any atom is -0.497 e. The second-order valence-corrected chi connectivity index (χ2v) is 9.35. The molecule has 0 heterocycles. The fourth-order valence-corrected chi connectivity index (χ4v) is 1.66. The molecule has 0 fully saturated rings. The number of methoxy groups -OCH3 is 2. The molecule has 0 saturated carbocycles. The van der Waals surface area contributed by atoms with Gasteiger partial charge in [-0.1, -0.05) is 25.6 Å². The molecule has 0 radical (unpaired) electrons. The van der Waals surface area contributed by atoms with Crippen molar-refractivity contribution in [3.05, 3.63) is 23.8 Å². The van der Waals surface area contributed by atoms with Crippen LogP contribution in [0.15, 0.2) is 18.2 Å². The molecule has 0 aliphatic heterocycles. The summed E-state index contributed by atoms with van der Waals surface area (Å²) in [6.07, 6.45) is 0. The molecule has 0 aliphatic carbocycles. The summed E-state index contributed by atoms with van der Waals surface area (Å²) in [7, 11) is 1.95. The van der Waals surface area contributed by atoms with Crippen molar-refractivity contribution in [2.45, 2.75) is 19.6 Å². The molecule has 0 aromatic heterocycles. The Kier molecular flexibility index (Phi) is 4.03. The first-order valence-corrected chi connectivity index (χ1v) is 8.71. The Bertz CT molecular complexity index is 400. The van der Waals surface area contributed by atoms with E-state index in [2.05, 4.69) is 31.1 Å². The summed E-state index contributed by atoms with van der Waals surface area (Å²) >= 11 is 0. The predicted molar refractivity (Wildman–Crippen MR) is 69.8 cm³/mol. The lowest BCUT2D eigenvalue weighted by molar-refractivity contribution is 0.394. The summed E-state index contributed by atoms with van der Waals surface area (Å²) in [6.45, 7) is 6.66. The van der Waals surface area contributed by atoms with Gasteiger partial charge in [-0.25, -0.2) is 0 Å². The van der Waals surface area contributed by atoms with Crippen LogP contribution in [0.5, 0.6) is 11.5 Å². The molecule has 0 atom stereocenters. The van der Waals surface area contributed by atoms with E-state index in [0.29, 0.717) is 0 Å². The second kappa shape index (κ2) is 5.09. The zero-order chi connectivity index (χ0) is 12.2. The molecule has 2 nitrogen and oxygen atoms in total. The van der Waals surface area contributed by atoms with E-state index < -0.39 is 8.07 Å². The van der Waals surface area contributed by atoms with Crippen LogP contribution < -0.4 is 9.47 Å². The van der Waals surface area contributed by atoms with Gasteiger partial charge in [0.1, 0.15) is 19.6 Å². The van der Waals surface area contributed by atoms with Gasteiger partial charge in [0.25, 0.3) is 0 Å². The zero-order valence-corrected chi connectivity index (χ0v) is 11.5. The third kappa shape index (κ3) is 3.99. The van der Waals surface area contributed by atoms with Crippen LogP contribution in [0.4, 0.5) is 0 Å². The molecular weight excluding hydrogens is 216 g/mol. The van der Waals surface area contributed by atoms with E-state index in [1.807, 2.05) is 18.2 Å². The molecule has 0 amide bonds. The Morgan fingerprint density at radius 2 is 1.44 bits per heavy atom. The molecule has 0 bridgehead atoms. The Labute approximate surface area is 98.6 Å². The molecule has 1 aromatic rings. The van der Waals surface area contributed by atoms with Gasteiger partial charge >= 0.3 is 0 Å². The summed E-state index contributed by atoms with van der Waals surface area (Å²) in [5, 5.41) is 0. The normalized spacial score (nSPS) is 10.3. The van der Waals surface area contributed by atoms with Crippen molar-refractivity contribution >= 4 is 8.07 Å². The highest BCUT2D eigenvalue weighted by Crippen LogP contribution is 2.21. The van der Waals surface area contributed by atoms with Crippen LogP contribution in [0.2, 0.25) is 19.6 Å². The van der Waals surface area contributed by atoms with Crippen LogP contribution in [0.3, 0.4) is 0 Å². The highest BCUT2D eigenvalue weighted by Gasteiger charge is 2.07. The first kappa shape index (κ1) is 12.7. The highest BCUT2D eigenvalue weighted by atomic mass is 28.3. The summed E-state index contributed by atoms with van der Waals surface area (Å²) in [6, 6.07) is 5.70. The summed E-state index contributed by atoms with van der Waals surface area (Å²) in [5.74, 6) is 4.74. The Hall–Kier alpha value is -1.40. The van der Waals surface area contributed by atoms with E-state index in [0.717, 1.165) is 17.1 Å². The molecule has 1 aromatic carbocycles. The van der Waals surface area contributed by atoms with Gasteiger partial charge in [0.15, 0.2) is 0 Å². The first-order chi connectivity index (χ1) is 7.44. The average molecular weight is 234 g/mol. The standard InChI is InChI=1S/C13H18O2Si/c1-14-12-8-11(6-7-16(3,4)5)9-13(10-12)15-2/h8-10H,1-5H3. The largest absolute Gasteiger partial charge is 0.497 e. The van der Waals surface area contributed by atoms with Gasteiger partial charge in [-0.3, -0.25) is 0 Å². The van der Waals surface area contributed by atoms with Crippen molar-refractivity contribution in [3.8, 4) is 23.0 Å². The average Bonchev–Trinajstić information content (AvgIpc) is 2.25. The van der Waals surface area contributed by atoms with E-state index >= 15 is 0 Å². The SMILES string of the molecule is COc1cc(C#C[Si](C)(C)C)cc(OC)c1. The van der Waals surface area contributed by atoms with Crippen LogP contribution in [-0.2, 0) is 0 Å². The predicted octanol–water partition coefficient (Wildman–Crippen LogP) is 2.93. The molecule has 16 heavy (non-hydrogen) atoms. The lowest BCUT2D eigenvalue weighted by atomic mass is 10.2. The van der Waals surface area contributed by atoms with E-state index in [1.54, 1.807) is 14.2 Å². The molecule has 0 unspecified atom stereocenters. The van der Waals surface area contributed by atoms with Crippen molar-refractivity contribution in [1.29, 1.82) is 0 Å². The molecule has 0 N–H and O–H groups in total. The third-order valence-corrected chi connectivity index (χ3v) is 2.81. The van der Waals surface area contributed by atoms with Gasteiger partial charge in [0.05, 0.1) is 14.2 Å². The van der Waals surface area contributed by atoms with Gasteiger partial charge in [0.2, 0.25) is 0 Å². The van der Waals surface area contributed by atoms with Crippen molar-refractivity contribution in [1.82, 2.24) is 0 Å². The molecule has 86 valence electrons. The minimum atomic E-state index is -1.34. The van der Waals surface area contributed by atoms with Gasteiger partial charge < -0.3 is 9.47 Å². The maximum Gasteiger partial charge on any atom is 0.129 e. The lowest BCUT2D eigenvalue weighted by Gasteiger charge is -2.06. The Morgan fingerprint density at radius 1 is 0.938 bits per heavy atom. The van der Waals surface area contributed by atoms with Gasteiger partial charge in [-0.2, -0.15) is 0 Å². The van der Waals surface area contributed by atoms with Crippen molar-refractivity contribution in [3.63, 3.8) is 0 Å². The highest BCUT2D eigenvalue weighted by molar-refractivity contribution is 6.83. The topological polar surface area (TPSA) is 18.5 Å². The minimum absolute atomic E-state index is 0.777. The van der Waals surface area contributed by atoms with Gasteiger partial charge in [0, 0.05) is 11.6 Å². The number of hydrogen-bond acceptors (Lipinski definition) is 2. The lowest BCUT2D eigenvalue weighted by Crippen LogP contribution is -2.16. The van der Waals surface area contributed by atoms with Crippen molar-refractivity contribution in [2.24, 2.45) is 0 Å². The molecule has 0 aliphatic rings. The summed E-state index contributed by atoms with van der Waals surface area (Å²) in [5.41, 5.74) is 4.26. The van der Waals surface area contributed by atoms with Crippen molar-refractivity contribution in [2.75, 3.05) is 14.2 Å². The number of hydrogen-bond donors (Lipinski definition) is 0. The van der Waals surface area contributed by atoms with Crippen LogP contribution in [0, 0.1) is 11.5 Å². The van der Waals surface area contributed by atoms with Gasteiger partial charge in [-0.15, -0.1) is 5.54 Å². The number of rotatable bonds is 2. The Balaban J connectivity index is 3.07. The number of benzene rings is 1. The quantitative estimate of drug-likeness (QED) is 0.578. The van der Waals surface area contributed by atoms with E-state index in [1.165, 1.54) is 0 Å². The fraction of sp³-hybridized carbons (Fsp3) is 0.385. The van der Waals surface area contributed by atoms with Crippen LogP contribution in [0.1, 0.15) is 5.56 Å². The van der Waals surface area contributed by atoms with E-state index in [4.69, 9.17) is 9.47 Å². The van der Waals surface area contributed by atoms with Crippen LogP contribution in [-0.4, -0.2) is 22.3 Å². The molecule has 1 rings (SSSR count). The number of ether oxygens (including phenoxy) is 2. The molecule has 3 heteroatoms. The van der Waals surface area contributed by atoms with Gasteiger partial charge in [-0.05, 0) is 12.1 Å². The maximum atomic E-state index is 5.19. The second-order valence-electron chi connectivity index (χ2n) is 4.60. The summed E-state index contributed by atoms with van der Waals surface area (Å²) < 4.78 is 10.4. The van der Waals surface area contributed by atoms with E-state index in [9.17, 15) is 0 Å². The van der Waals surface area contributed by atoms with Crippen LogP contribution >= 0.6 is 0 Å². The summed E-state index contributed by atoms with van der Waals surface area (Å²) in [4.78, 5) is 0. The monoisotopic (exact) mass is 234 g/mol.